The number of ether oxygens (including phenoxy) is 1. The summed E-state index contributed by atoms with van der Waals surface area (Å²) in [6, 6.07) is 5.56. The molecular weight excluding hydrogens is 309 g/mol. The Labute approximate surface area is 130 Å². The summed E-state index contributed by atoms with van der Waals surface area (Å²) in [5.74, 6) is -0.711. The average molecular weight is 329 g/mol. The summed E-state index contributed by atoms with van der Waals surface area (Å²) in [6.45, 7) is 2.10. The van der Waals surface area contributed by atoms with Gasteiger partial charge in [-0.3, -0.25) is 4.79 Å². The van der Waals surface area contributed by atoms with E-state index in [2.05, 4.69) is 0 Å². The second kappa shape index (κ2) is 7.09. The van der Waals surface area contributed by atoms with Crippen molar-refractivity contribution < 1.29 is 22.3 Å². The van der Waals surface area contributed by atoms with Crippen LogP contribution < -0.4 is 4.74 Å². The van der Waals surface area contributed by atoms with Crippen LogP contribution >= 0.6 is 0 Å². The summed E-state index contributed by atoms with van der Waals surface area (Å²) in [7, 11) is -3.06. The third-order valence-electron chi connectivity index (χ3n) is 3.62. The molecule has 22 heavy (non-hydrogen) atoms. The van der Waals surface area contributed by atoms with Crippen LogP contribution in [0.2, 0.25) is 0 Å². The normalized spacial score (nSPS) is 19.8. The summed E-state index contributed by atoms with van der Waals surface area (Å²) in [5.41, 5.74) is 0. The molecule has 0 spiro atoms. The minimum Gasteiger partial charge on any atom is -0.481 e. The highest BCUT2D eigenvalue weighted by Gasteiger charge is 2.34. The Morgan fingerprint density at radius 2 is 2.14 bits per heavy atom. The van der Waals surface area contributed by atoms with Crippen molar-refractivity contribution in [1.29, 1.82) is 0 Å². The van der Waals surface area contributed by atoms with Gasteiger partial charge in [0.1, 0.15) is 0 Å². The van der Waals surface area contributed by atoms with Crippen molar-refractivity contribution in [3.63, 3.8) is 0 Å². The van der Waals surface area contributed by atoms with Crippen molar-refractivity contribution >= 4 is 15.7 Å². The second-order valence-electron chi connectivity index (χ2n) is 5.36. The number of carbonyl (C=O) groups is 1. The van der Waals surface area contributed by atoms with E-state index in [1.807, 2.05) is 6.92 Å². The first-order valence-corrected chi connectivity index (χ1v) is 9.12. The largest absolute Gasteiger partial charge is 0.481 e. The first kappa shape index (κ1) is 16.7. The Bertz CT molecular complexity index is 632. The predicted octanol–water partition coefficient (Wildman–Crippen LogP) is 1.63. The number of nitrogens with zero attached hydrogens (tertiary/aromatic N) is 1. The number of para-hydroxylation sites is 1. The lowest BCUT2D eigenvalue weighted by Gasteiger charge is -2.27. The molecule has 0 aromatic heterocycles. The zero-order valence-corrected chi connectivity index (χ0v) is 13.3. The molecule has 1 aromatic carbocycles. The molecule has 7 heteroatoms. The number of hydrogen-bond donors (Lipinski definition) is 0. The van der Waals surface area contributed by atoms with Crippen LogP contribution in [0.25, 0.3) is 0 Å². The number of halogens is 1. The number of rotatable bonds is 6. The van der Waals surface area contributed by atoms with E-state index >= 15 is 0 Å². The molecule has 122 valence electrons. The molecule has 0 radical (unpaired) electrons. The molecule has 0 N–H and O–H groups in total. The van der Waals surface area contributed by atoms with E-state index in [9.17, 15) is 17.6 Å². The van der Waals surface area contributed by atoms with E-state index < -0.39 is 15.7 Å². The lowest BCUT2D eigenvalue weighted by atomic mass is 10.2. The molecule has 1 amide bonds. The van der Waals surface area contributed by atoms with Gasteiger partial charge in [0.25, 0.3) is 5.91 Å². The van der Waals surface area contributed by atoms with Gasteiger partial charge in [0.05, 0.1) is 11.5 Å². The molecule has 1 fully saturated rings. The third kappa shape index (κ3) is 4.19. The van der Waals surface area contributed by atoms with Gasteiger partial charge in [-0.1, -0.05) is 19.1 Å². The predicted molar refractivity (Wildman–Crippen MR) is 81.0 cm³/mol. The SMILES string of the molecule is CCCN(C(=O)COc1ccccc1F)C1CCS(=O)(=O)C1. The van der Waals surface area contributed by atoms with E-state index in [0.717, 1.165) is 6.42 Å². The fraction of sp³-hybridized carbons (Fsp3) is 0.533. The van der Waals surface area contributed by atoms with Crippen molar-refractivity contribution in [2.75, 3.05) is 24.7 Å². The smallest absolute Gasteiger partial charge is 0.260 e. The Morgan fingerprint density at radius 1 is 1.41 bits per heavy atom. The summed E-state index contributed by atoms with van der Waals surface area (Å²) < 4.78 is 41.8. The highest BCUT2D eigenvalue weighted by molar-refractivity contribution is 7.91. The zero-order valence-electron chi connectivity index (χ0n) is 12.5. The quantitative estimate of drug-likeness (QED) is 0.796. The van der Waals surface area contributed by atoms with E-state index in [1.165, 1.54) is 18.2 Å². The summed E-state index contributed by atoms with van der Waals surface area (Å²) >= 11 is 0. The van der Waals surface area contributed by atoms with Gasteiger partial charge in [0, 0.05) is 12.6 Å². The topological polar surface area (TPSA) is 63.7 Å². The highest BCUT2D eigenvalue weighted by atomic mass is 32.2. The molecule has 0 bridgehead atoms. The Kier molecular flexibility index (Phi) is 5.39. The molecule has 5 nitrogen and oxygen atoms in total. The molecule has 1 aliphatic heterocycles. The number of carbonyl (C=O) groups excluding carboxylic acids is 1. The van der Waals surface area contributed by atoms with Crippen LogP contribution in [-0.4, -0.2) is 49.9 Å². The van der Waals surface area contributed by atoms with Gasteiger partial charge in [-0.2, -0.15) is 0 Å². The molecule has 1 heterocycles. The molecule has 1 unspecified atom stereocenters. The molecule has 1 atom stereocenters. The highest BCUT2D eigenvalue weighted by Crippen LogP contribution is 2.19. The Hall–Kier alpha value is -1.63. The molecule has 1 aromatic rings. The molecule has 1 aliphatic rings. The third-order valence-corrected chi connectivity index (χ3v) is 5.37. The first-order valence-electron chi connectivity index (χ1n) is 7.30. The molecular formula is C15H20FNO4S. The van der Waals surface area contributed by atoms with Crippen molar-refractivity contribution in [3.8, 4) is 5.75 Å². The van der Waals surface area contributed by atoms with Crippen molar-refractivity contribution in [2.24, 2.45) is 0 Å². The maximum Gasteiger partial charge on any atom is 0.260 e. The van der Waals surface area contributed by atoms with Crippen LogP contribution in [0.4, 0.5) is 4.39 Å². The number of sulfone groups is 1. The van der Waals surface area contributed by atoms with Crippen LogP contribution in [0.5, 0.6) is 5.75 Å². The Balaban J connectivity index is 2.00. The Morgan fingerprint density at radius 3 is 2.73 bits per heavy atom. The average Bonchev–Trinajstić information content (AvgIpc) is 2.83. The summed E-state index contributed by atoms with van der Waals surface area (Å²) in [4.78, 5) is 13.8. The van der Waals surface area contributed by atoms with Crippen LogP contribution in [0.1, 0.15) is 19.8 Å². The van der Waals surface area contributed by atoms with Crippen molar-refractivity contribution in [3.05, 3.63) is 30.1 Å². The van der Waals surface area contributed by atoms with Crippen molar-refractivity contribution in [1.82, 2.24) is 4.90 Å². The summed E-state index contributed by atoms with van der Waals surface area (Å²) in [5, 5.41) is 0. The molecule has 2 rings (SSSR count). The van der Waals surface area contributed by atoms with Crippen LogP contribution in [-0.2, 0) is 14.6 Å². The molecule has 0 saturated carbocycles. The van der Waals surface area contributed by atoms with Crippen LogP contribution in [0.15, 0.2) is 24.3 Å². The maximum atomic E-state index is 13.5. The molecule has 0 aliphatic carbocycles. The summed E-state index contributed by atoms with van der Waals surface area (Å²) in [6.07, 6.45) is 1.18. The van der Waals surface area contributed by atoms with E-state index in [-0.39, 0.29) is 35.8 Å². The van der Waals surface area contributed by atoms with E-state index in [1.54, 1.807) is 11.0 Å². The number of amides is 1. The van der Waals surface area contributed by atoms with Crippen LogP contribution in [0, 0.1) is 5.82 Å². The van der Waals surface area contributed by atoms with Gasteiger partial charge < -0.3 is 9.64 Å². The van der Waals surface area contributed by atoms with Gasteiger partial charge in [-0.25, -0.2) is 12.8 Å². The van der Waals surface area contributed by atoms with Gasteiger partial charge in [-0.15, -0.1) is 0 Å². The minimum absolute atomic E-state index is 0.00155. The van der Waals surface area contributed by atoms with E-state index in [0.29, 0.717) is 13.0 Å². The number of hydrogen-bond acceptors (Lipinski definition) is 4. The van der Waals surface area contributed by atoms with Gasteiger partial charge in [-0.05, 0) is 25.0 Å². The lowest BCUT2D eigenvalue weighted by Crippen LogP contribution is -2.44. The standard InChI is InChI=1S/C15H20FNO4S/c1-2-8-17(12-7-9-22(19,20)11-12)15(18)10-21-14-6-4-3-5-13(14)16/h3-6,12H,2,7-11H2,1H3. The lowest BCUT2D eigenvalue weighted by molar-refractivity contribution is -0.135. The second-order valence-corrected chi connectivity index (χ2v) is 7.59. The van der Waals surface area contributed by atoms with E-state index in [4.69, 9.17) is 4.74 Å². The van der Waals surface area contributed by atoms with Gasteiger partial charge in [0.15, 0.2) is 28.0 Å². The number of benzene rings is 1. The van der Waals surface area contributed by atoms with Crippen LogP contribution in [0.3, 0.4) is 0 Å². The molecule has 1 saturated heterocycles. The van der Waals surface area contributed by atoms with Crippen molar-refractivity contribution in [2.45, 2.75) is 25.8 Å². The first-order chi connectivity index (χ1) is 10.4. The van der Waals surface area contributed by atoms with Gasteiger partial charge in [0.2, 0.25) is 0 Å². The van der Waals surface area contributed by atoms with Gasteiger partial charge >= 0.3 is 0 Å². The fourth-order valence-electron chi connectivity index (χ4n) is 2.56. The maximum absolute atomic E-state index is 13.5. The zero-order chi connectivity index (χ0) is 16.2. The fourth-order valence-corrected chi connectivity index (χ4v) is 4.29. The monoisotopic (exact) mass is 329 g/mol. The minimum atomic E-state index is -3.06.